The van der Waals surface area contributed by atoms with Crippen molar-refractivity contribution in [1.29, 1.82) is 0 Å². The van der Waals surface area contributed by atoms with E-state index in [0.29, 0.717) is 0 Å². The molecule has 2 N–H and O–H groups in total. The number of rotatable bonds is 1. The van der Waals surface area contributed by atoms with Gasteiger partial charge in [-0.2, -0.15) is 0 Å². The fraction of sp³-hybridized carbons (Fsp3) is 0.0667. The summed E-state index contributed by atoms with van der Waals surface area (Å²) in [6.07, 6.45) is 2.15. The average Bonchev–Trinajstić information content (AvgIpc) is 2.97. The second kappa shape index (κ2) is 3.85. The zero-order valence-corrected chi connectivity index (χ0v) is 12.0. The Balaban J connectivity index is 1.86. The van der Waals surface area contributed by atoms with Gasteiger partial charge in [0.15, 0.2) is 0 Å². The average molecular weight is 284 g/mol. The van der Waals surface area contributed by atoms with E-state index in [9.17, 15) is 0 Å². The largest absolute Gasteiger partial charge is 0.354 e. The molecule has 0 saturated heterocycles. The third kappa shape index (κ3) is 1.84. The smallest absolute Gasteiger partial charge is 0.0574 e. The molecule has 0 atom stereocenters. The van der Waals surface area contributed by atoms with Crippen molar-refractivity contribution in [3.63, 3.8) is 0 Å². The minimum atomic E-state index is 1.10. The van der Waals surface area contributed by atoms with Crippen molar-refractivity contribution in [3.8, 4) is 0 Å². The summed E-state index contributed by atoms with van der Waals surface area (Å²) in [4.78, 5) is 8.19. The van der Waals surface area contributed by atoms with Crippen LogP contribution in [0, 0.1) is 6.92 Å². The second-order valence-electron chi connectivity index (χ2n) is 4.72. The van der Waals surface area contributed by atoms with Gasteiger partial charge < -0.3 is 9.97 Å². The molecule has 0 bridgehead atoms. The lowest BCUT2D eigenvalue weighted by Crippen LogP contribution is -1.99. The molecule has 0 aliphatic carbocycles. The molecule has 0 aliphatic rings. The lowest BCUT2D eigenvalue weighted by Gasteiger charge is -1.84. The zero-order chi connectivity index (χ0) is 13.0. The van der Waals surface area contributed by atoms with E-state index in [1.807, 2.05) is 11.3 Å². The van der Waals surface area contributed by atoms with Gasteiger partial charge in [0.25, 0.3) is 0 Å². The van der Waals surface area contributed by atoms with Crippen LogP contribution in [0.25, 0.3) is 33.1 Å². The third-order valence-corrected chi connectivity index (χ3v) is 5.07. The van der Waals surface area contributed by atoms with Gasteiger partial charge in [0.1, 0.15) is 0 Å². The quantitative estimate of drug-likeness (QED) is 0.537. The maximum Gasteiger partial charge on any atom is 0.0574 e. The molecule has 0 radical (unpaired) electrons. The molecule has 4 heterocycles. The number of hydrogen-bond acceptors (Lipinski definition) is 2. The monoisotopic (exact) mass is 284 g/mol. The molecule has 0 spiro atoms. The first-order valence-corrected chi connectivity index (χ1v) is 7.69. The summed E-state index contributed by atoms with van der Waals surface area (Å²) in [5.41, 5.74) is 3.54. The number of thiophene rings is 2. The Bertz CT molecular complexity index is 925. The summed E-state index contributed by atoms with van der Waals surface area (Å²) in [7, 11) is 0. The number of fused-ring (bicyclic) bond motifs is 2. The van der Waals surface area contributed by atoms with Crippen LogP contribution in [0.5, 0.6) is 0 Å². The maximum absolute atomic E-state index is 3.96. The van der Waals surface area contributed by atoms with Crippen molar-refractivity contribution in [1.82, 2.24) is 9.97 Å². The van der Waals surface area contributed by atoms with E-state index in [-0.39, 0.29) is 0 Å². The van der Waals surface area contributed by atoms with Crippen LogP contribution in [0.15, 0.2) is 24.3 Å². The number of H-pyrrole nitrogens is 2. The standard InChI is InChI=1S/C15H12N2S2/c1-8-3-12-14(18-8)6-10(16-12)5-11-7-15-13(17-11)4-9(2)19-15/h3-7,16-17H,1H2,2H3. The van der Waals surface area contributed by atoms with E-state index in [1.165, 1.54) is 25.3 Å². The third-order valence-electron chi connectivity index (χ3n) is 3.14. The normalized spacial score (nSPS) is 13.0. The predicted octanol–water partition coefficient (Wildman–Crippen LogP) is 3.32. The molecule has 4 heteroatoms. The summed E-state index contributed by atoms with van der Waals surface area (Å²) < 4.78 is 3.68. The van der Waals surface area contributed by atoms with Gasteiger partial charge in [-0.15, -0.1) is 22.7 Å². The maximum atomic E-state index is 3.96. The summed E-state index contributed by atoms with van der Waals surface area (Å²) >= 11 is 3.55. The van der Waals surface area contributed by atoms with E-state index in [2.05, 4.69) is 53.8 Å². The first kappa shape index (κ1) is 11.1. The van der Waals surface area contributed by atoms with Gasteiger partial charge in [-0.1, -0.05) is 6.58 Å². The van der Waals surface area contributed by atoms with Gasteiger partial charge >= 0.3 is 0 Å². The SMILES string of the molecule is C=c1cc2[nH]c(=Cc3cc4sc(C)cc4[nH]3)cc2s1. The number of aromatic nitrogens is 2. The minimum absolute atomic E-state index is 1.10. The Kier molecular flexibility index (Phi) is 2.25. The number of hydrogen-bond donors (Lipinski definition) is 2. The summed E-state index contributed by atoms with van der Waals surface area (Å²) in [5, 5.41) is 1.13. The second-order valence-corrected chi connectivity index (χ2v) is 7.18. The van der Waals surface area contributed by atoms with Crippen LogP contribution in [0.3, 0.4) is 0 Å². The zero-order valence-electron chi connectivity index (χ0n) is 10.4. The Morgan fingerprint density at radius 3 is 2.58 bits per heavy atom. The molecule has 4 rings (SSSR count). The van der Waals surface area contributed by atoms with E-state index in [1.54, 1.807) is 11.3 Å². The molecular formula is C15H12N2S2. The summed E-state index contributed by atoms with van der Waals surface area (Å²) in [5.74, 6) is 0. The Morgan fingerprint density at radius 1 is 1.00 bits per heavy atom. The Hall–Kier alpha value is -1.78. The van der Waals surface area contributed by atoms with Crippen molar-refractivity contribution < 1.29 is 0 Å². The van der Waals surface area contributed by atoms with Gasteiger partial charge in [-0.3, -0.25) is 0 Å². The van der Waals surface area contributed by atoms with E-state index in [4.69, 9.17) is 0 Å². The first-order chi connectivity index (χ1) is 9.17. The molecular weight excluding hydrogens is 272 g/mol. The topological polar surface area (TPSA) is 31.6 Å². The summed E-state index contributed by atoms with van der Waals surface area (Å²) in [6, 6.07) is 8.66. The lowest BCUT2D eigenvalue weighted by molar-refractivity contribution is 1.35. The molecule has 0 unspecified atom stereocenters. The van der Waals surface area contributed by atoms with Gasteiger partial charge in [0.05, 0.1) is 20.4 Å². The molecule has 0 amide bonds. The molecule has 19 heavy (non-hydrogen) atoms. The Morgan fingerprint density at radius 2 is 1.79 bits per heavy atom. The molecule has 4 aromatic rings. The molecule has 0 fully saturated rings. The fourth-order valence-corrected chi connectivity index (χ4v) is 4.18. The molecule has 0 aliphatic heterocycles. The van der Waals surface area contributed by atoms with E-state index in [0.717, 1.165) is 15.6 Å². The van der Waals surface area contributed by atoms with Crippen LogP contribution in [-0.4, -0.2) is 9.97 Å². The highest BCUT2D eigenvalue weighted by Gasteiger charge is 2.03. The van der Waals surface area contributed by atoms with Crippen molar-refractivity contribution >= 4 is 55.8 Å². The van der Waals surface area contributed by atoms with Crippen molar-refractivity contribution in [2.45, 2.75) is 6.92 Å². The molecule has 0 saturated carbocycles. The molecule has 94 valence electrons. The van der Waals surface area contributed by atoms with Crippen LogP contribution in [0.1, 0.15) is 10.6 Å². The number of aromatic amines is 2. The minimum Gasteiger partial charge on any atom is -0.354 e. The highest BCUT2D eigenvalue weighted by Crippen LogP contribution is 2.25. The van der Waals surface area contributed by atoms with Gasteiger partial charge in [-0.25, -0.2) is 0 Å². The Labute approximate surface area is 117 Å². The van der Waals surface area contributed by atoms with Gasteiger partial charge in [-0.05, 0) is 37.3 Å². The molecule has 2 nitrogen and oxygen atoms in total. The predicted molar refractivity (Wildman–Crippen MR) is 85.4 cm³/mol. The summed E-state index contributed by atoms with van der Waals surface area (Å²) in [6.45, 7) is 6.09. The number of aryl methyl sites for hydroxylation is 1. The van der Waals surface area contributed by atoms with Crippen LogP contribution in [-0.2, 0) is 0 Å². The lowest BCUT2D eigenvalue weighted by atomic mass is 10.4. The van der Waals surface area contributed by atoms with Crippen LogP contribution < -0.4 is 9.88 Å². The molecule has 4 aromatic heterocycles. The highest BCUT2D eigenvalue weighted by atomic mass is 32.1. The highest BCUT2D eigenvalue weighted by molar-refractivity contribution is 7.19. The first-order valence-electron chi connectivity index (χ1n) is 6.06. The van der Waals surface area contributed by atoms with Crippen LogP contribution in [0.2, 0.25) is 0 Å². The van der Waals surface area contributed by atoms with Crippen molar-refractivity contribution in [2.24, 2.45) is 0 Å². The van der Waals surface area contributed by atoms with Crippen LogP contribution in [0.4, 0.5) is 0 Å². The van der Waals surface area contributed by atoms with E-state index < -0.39 is 0 Å². The molecule has 0 aromatic carbocycles. The van der Waals surface area contributed by atoms with E-state index >= 15 is 0 Å². The van der Waals surface area contributed by atoms with Crippen LogP contribution >= 0.6 is 22.7 Å². The van der Waals surface area contributed by atoms with Gasteiger partial charge in [0, 0.05) is 20.5 Å². The number of nitrogens with one attached hydrogen (secondary N) is 2. The van der Waals surface area contributed by atoms with Crippen molar-refractivity contribution in [2.75, 3.05) is 0 Å². The fourth-order valence-electron chi connectivity index (χ4n) is 2.39. The van der Waals surface area contributed by atoms with Gasteiger partial charge in [0.2, 0.25) is 0 Å². The van der Waals surface area contributed by atoms with Crippen molar-refractivity contribution in [3.05, 3.63) is 44.7 Å².